The van der Waals surface area contributed by atoms with Gasteiger partial charge in [-0.05, 0) is 64.2 Å². The number of hydrogen-bond acceptors (Lipinski definition) is 6. The Morgan fingerprint density at radius 2 is 0.981 bits per heavy atom. The molecule has 1 unspecified atom stereocenters. The highest BCUT2D eigenvalue weighted by atomic mass is 31.2. The molecule has 53 heavy (non-hydrogen) atoms. The summed E-state index contributed by atoms with van der Waals surface area (Å²) in [6.07, 6.45) is 49.5. The van der Waals surface area contributed by atoms with Crippen molar-refractivity contribution in [3.63, 3.8) is 0 Å². The van der Waals surface area contributed by atoms with Crippen molar-refractivity contribution in [2.24, 2.45) is 0 Å². The minimum atomic E-state index is -4.76. The maximum absolute atomic E-state index is 12.4. The molecule has 8 nitrogen and oxygen atoms in total. The first kappa shape index (κ1) is 50.8. The van der Waals surface area contributed by atoms with E-state index >= 15 is 0 Å². The zero-order valence-electron chi connectivity index (χ0n) is 33.6. The number of carbonyl (C=O) groups excluding carboxylic acids is 2. The smallest absolute Gasteiger partial charge is 0.462 e. The van der Waals surface area contributed by atoms with E-state index in [0.717, 1.165) is 70.6 Å². The van der Waals surface area contributed by atoms with Crippen molar-refractivity contribution in [1.82, 2.24) is 0 Å². The fourth-order valence-corrected chi connectivity index (χ4v) is 6.06. The predicted molar refractivity (Wildman–Crippen MR) is 221 cm³/mol. The number of phosphoric acid groups is 1. The van der Waals surface area contributed by atoms with Crippen molar-refractivity contribution in [2.45, 2.75) is 193 Å². The highest BCUT2D eigenvalue weighted by Gasteiger charge is 2.22. The third-order valence-corrected chi connectivity index (χ3v) is 9.32. The van der Waals surface area contributed by atoms with E-state index in [1.165, 1.54) is 77.0 Å². The zero-order valence-corrected chi connectivity index (χ0v) is 34.5. The summed E-state index contributed by atoms with van der Waals surface area (Å²) in [7, 11) is -4.76. The molecule has 0 bridgehead atoms. The van der Waals surface area contributed by atoms with Gasteiger partial charge in [-0.1, -0.05) is 171 Å². The summed E-state index contributed by atoms with van der Waals surface area (Å²) < 4.78 is 26.3. The molecule has 0 aliphatic rings. The minimum absolute atomic E-state index is 0.185. The average Bonchev–Trinajstić information content (AvgIpc) is 3.13. The van der Waals surface area contributed by atoms with Gasteiger partial charge in [0.2, 0.25) is 0 Å². The van der Waals surface area contributed by atoms with Crippen LogP contribution in [0.15, 0.2) is 60.8 Å². The Hall–Kier alpha value is -2.25. The van der Waals surface area contributed by atoms with Gasteiger partial charge in [-0.3, -0.25) is 14.1 Å². The molecule has 0 radical (unpaired) electrons. The van der Waals surface area contributed by atoms with Crippen LogP contribution in [0.1, 0.15) is 187 Å². The lowest BCUT2D eigenvalue weighted by atomic mass is 10.1. The van der Waals surface area contributed by atoms with Crippen LogP contribution in [0.2, 0.25) is 0 Å². The molecule has 0 rings (SSSR count). The second-order valence-corrected chi connectivity index (χ2v) is 15.2. The van der Waals surface area contributed by atoms with Crippen LogP contribution in [0.4, 0.5) is 0 Å². The Kier molecular flexibility index (Phi) is 37.8. The first-order valence-electron chi connectivity index (χ1n) is 21.1. The largest absolute Gasteiger partial charge is 0.469 e. The van der Waals surface area contributed by atoms with Gasteiger partial charge >= 0.3 is 19.8 Å². The van der Waals surface area contributed by atoms with Gasteiger partial charge in [0.05, 0.1) is 6.61 Å². The predicted octanol–water partition coefficient (Wildman–Crippen LogP) is 12.9. The topological polar surface area (TPSA) is 119 Å². The maximum Gasteiger partial charge on any atom is 0.469 e. The molecular formula is C44H77O8P. The molecule has 0 aliphatic heterocycles. The van der Waals surface area contributed by atoms with E-state index in [4.69, 9.17) is 19.3 Å². The number of esters is 2. The monoisotopic (exact) mass is 765 g/mol. The molecule has 1 atom stereocenters. The SMILES string of the molecule is CC/C=C/C=C/C=C/CCCCCCCC(=O)OC(COC(=O)CCCCCCCCC/C=C/C/C=C/CCCCCCCCCC)COP(=O)(O)O. The van der Waals surface area contributed by atoms with Crippen LogP contribution in [0.3, 0.4) is 0 Å². The first-order chi connectivity index (χ1) is 25.8. The van der Waals surface area contributed by atoms with Crippen LogP contribution < -0.4 is 0 Å². The van der Waals surface area contributed by atoms with E-state index in [9.17, 15) is 14.2 Å². The number of allylic oxidation sites excluding steroid dienone is 10. The van der Waals surface area contributed by atoms with Crippen LogP contribution in [-0.2, 0) is 28.2 Å². The van der Waals surface area contributed by atoms with Crippen molar-refractivity contribution in [1.29, 1.82) is 0 Å². The number of ether oxygens (including phenoxy) is 2. The molecule has 306 valence electrons. The summed E-state index contributed by atoms with van der Waals surface area (Å²) >= 11 is 0. The van der Waals surface area contributed by atoms with E-state index < -0.39 is 32.5 Å². The van der Waals surface area contributed by atoms with Gasteiger partial charge in [-0.25, -0.2) is 4.57 Å². The summed E-state index contributed by atoms with van der Waals surface area (Å²) in [6.45, 7) is 3.52. The van der Waals surface area contributed by atoms with Gasteiger partial charge in [0.1, 0.15) is 6.61 Å². The van der Waals surface area contributed by atoms with Gasteiger partial charge in [0, 0.05) is 12.8 Å². The molecule has 0 amide bonds. The summed E-state index contributed by atoms with van der Waals surface area (Å²) in [5.74, 6) is -0.920. The standard InChI is InChI=1S/C44H77O8P/c1-3-5-7-9-11-13-15-17-18-19-20-21-22-23-24-25-27-28-30-32-34-36-38-43(45)50-40-42(41-51-53(47,48)49)52-44(46)39-37-35-33-31-29-26-16-14-12-10-8-6-4-2/h6,8,10,12,14,16,19-20,22-23,42H,3-5,7,9,11,13,15,17-18,21,24-41H2,1-2H3,(H2,47,48,49)/b8-6+,12-10+,16-14+,20-19+,23-22+. The highest BCUT2D eigenvalue weighted by molar-refractivity contribution is 7.46. The van der Waals surface area contributed by atoms with E-state index in [1.807, 2.05) is 18.2 Å². The molecule has 2 N–H and O–H groups in total. The number of hydrogen-bond donors (Lipinski definition) is 2. The van der Waals surface area contributed by atoms with E-state index in [-0.39, 0.29) is 19.4 Å². The lowest BCUT2D eigenvalue weighted by Crippen LogP contribution is -2.29. The van der Waals surface area contributed by atoms with Gasteiger partial charge < -0.3 is 19.3 Å². The van der Waals surface area contributed by atoms with Crippen molar-refractivity contribution in [3.05, 3.63) is 60.8 Å². The molecule has 0 aromatic heterocycles. The zero-order chi connectivity index (χ0) is 38.9. The lowest BCUT2D eigenvalue weighted by Gasteiger charge is -2.18. The van der Waals surface area contributed by atoms with Crippen molar-refractivity contribution < 1.29 is 37.9 Å². The molecule has 0 saturated heterocycles. The molecule has 0 spiro atoms. The normalized spacial score (nSPS) is 13.1. The second kappa shape index (κ2) is 39.4. The van der Waals surface area contributed by atoms with E-state index in [2.05, 4.69) is 60.9 Å². The summed E-state index contributed by atoms with van der Waals surface area (Å²) in [5.41, 5.74) is 0. The lowest BCUT2D eigenvalue weighted by molar-refractivity contribution is -0.161. The van der Waals surface area contributed by atoms with Crippen molar-refractivity contribution in [2.75, 3.05) is 13.2 Å². The maximum atomic E-state index is 12.4. The van der Waals surface area contributed by atoms with Gasteiger partial charge in [0.15, 0.2) is 6.10 Å². The summed E-state index contributed by atoms with van der Waals surface area (Å²) in [6, 6.07) is 0. The number of rotatable bonds is 38. The fraction of sp³-hybridized carbons (Fsp3) is 0.727. The third kappa shape index (κ3) is 42.4. The van der Waals surface area contributed by atoms with Crippen LogP contribution in [0, 0.1) is 0 Å². The van der Waals surface area contributed by atoms with E-state index in [1.54, 1.807) is 0 Å². The Morgan fingerprint density at radius 1 is 0.528 bits per heavy atom. The number of carbonyl (C=O) groups is 2. The van der Waals surface area contributed by atoms with Crippen LogP contribution >= 0.6 is 7.82 Å². The molecule has 0 heterocycles. The fourth-order valence-electron chi connectivity index (χ4n) is 5.70. The third-order valence-electron chi connectivity index (χ3n) is 8.83. The van der Waals surface area contributed by atoms with E-state index in [0.29, 0.717) is 12.8 Å². The second-order valence-electron chi connectivity index (χ2n) is 14.0. The van der Waals surface area contributed by atoms with Gasteiger partial charge in [-0.15, -0.1) is 0 Å². The molecule has 0 fully saturated rings. The Morgan fingerprint density at radius 3 is 1.49 bits per heavy atom. The number of unbranched alkanes of at least 4 members (excludes halogenated alkanes) is 20. The minimum Gasteiger partial charge on any atom is -0.462 e. The quantitative estimate of drug-likeness (QED) is 0.0210. The van der Waals surface area contributed by atoms with Gasteiger partial charge in [0.25, 0.3) is 0 Å². The molecule has 0 aliphatic carbocycles. The van der Waals surface area contributed by atoms with Crippen molar-refractivity contribution >= 4 is 19.8 Å². The Labute approximate surface area is 324 Å². The van der Waals surface area contributed by atoms with Gasteiger partial charge in [-0.2, -0.15) is 0 Å². The number of phosphoric ester groups is 1. The molecule has 9 heteroatoms. The molecular weight excluding hydrogens is 687 g/mol. The molecule has 0 saturated carbocycles. The molecule has 0 aromatic rings. The molecule has 0 aromatic carbocycles. The summed E-state index contributed by atoms with van der Waals surface area (Å²) in [4.78, 5) is 42.8. The Balaban J connectivity index is 3.92. The Bertz CT molecular complexity index is 1040. The van der Waals surface area contributed by atoms with Crippen LogP contribution in [-0.4, -0.2) is 41.0 Å². The average molecular weight is 765 g/mol. The highest BCUT2D eigenvalue weighted by Crippen LogP contribution is 2.36. The summed E-state index contributed by atoms with van der Waals surface area (Å²) in [5, 5.41) is 0. The van der Waals surface area contributed by atoms with Crippen LogP contribution in [0.25, 0.3) is 0 Å². The van der Waals surface area contributed by atoms with Crippen molar-refractivity contribution in [3.8, 4) is 0 Å². The first-order valence-corrected chi connectivity index (χ1v) is 22.6. The van der Waals surface area contributed by atoms with Crippen LogP contribution in [0.5, 0.6) is 0 Å².